The molecule has 2 rings (SSSR count). The van der Waals surface area contributed by atoms with E-state index in [9.17, 15) is 0 Å². The molecule has 2 nitrogen and oxygen atoms in total. The summed E-state index contributed by atoms with van der Waals surface area (Å²) >= 11 is 0. The molecule has 0 amide bonds. The fourth-order valence-electron chi connectivity index (χ4n) is 1.89. The summed E-state index contributed by atoms with van der Waals surface area (Å²) in [6.45, 7) is 6.58. The summed E-state index contributed by atoms with van der Waals surface area (Å²) in [5, 5.41) is 4.43. The molecule has 0 saturated heterocycles. The highest BCUT2D eigenvalue weighted by Gasteiger charge is 2.07. The average molecular weight is 214 g/mol. The van der Waals surface area contributed by atoms with Gasteiger partial charge in [0, 0.05) is 18.8 Å². The highest BCUT2D eigenvalue weighted by atomic mass is 15.2. The number of benzene rings is 1. The van der Waals surface area contributed by atoms with Crippen LogP contribution in [0.1, 0.15) is 30.9 Å². The predicted molar refractivity (Wildman–Crippen MR) is 67.5 cm³/mol. The number of hydrogen-bond donors (Lipinski definition) is 0. The minimum absolute atomic E-state index is 0.580. The summed E-state index contributed by atoms with van der Waals surface area (Å²) in [5.74, 6) is 0.580. The summed E-state index contributed by atoms with van der Waals surface area (Å²) in [6.07, 6.45) is 1.98. The lowest BCUT2D eigenvalue weighted by Gasteiger charge is -2.09. The van der Waals surface area contributed by atoms with Crippen molar-refractivity contribution in [1.29, 1.82) is 0 Å². The van der Waals surface area contributed by atoms with Gasteiger partial charge < -0.3 is 0 Å². The third kappa shape index (κ3) is 2.01. The van der Waals surface area contributed by atoms with E-state index in [0.717, 1.165) is 5.69 Å². The number of rotatable bonds is 2. The van der Waals surface area contributed by atoms with Crippen molar-refractivity contribution < 1.29 is 0 Å². The lowest BCUT2D eigenvalue weighted by molar-refractivity contribution is 0.770. The minimum atomic E-state index is 0.580. The quantitative estimate of drug-likeness (QED) is 0.748. The van der Waals surface area contributed by atoms with E-state index in [4.69, 9.17) is 0 Å². The molecule has 0 atom stereocenters. The van der Waals surface area contributed by atoms with Crippen LogP contribution in [-0.2, 0) is 7.05 Å². The van der Waals surface area contributed by atoms with Crippen molar-refractivity contribution in [3.63, 3.8) is 0 Å². The van der Waals surface area contributed by atoms with E-state index in [1.807, 2.05) is 17.9 Å². The van der Waals surface area contributed by atoms with E-state index in [-0.39, 0.29) is 0 Å². The largest absolute Gasteiger partial charge is 0.275 e. The highest BCUT2D eigenvalue weighted by molar-refractivity contribution is 5.63. The van der Waals surface area contributed by atoms with Crippen molar-refractivity contribution >= 4 is 0 Å². The van der Waals surface area contributed by atoms with Crippen LogP contribution in [-0.4, -0.2) is 9.78 Å². The van der Waals surface area contributed by atoms with Crippen LogP contribution in [0.25, 0.3) is 11.3 Å². The SMILES string of the molecule is Cc1cc(C(C)C)ccc1-c1ccn(C)n1. The first kappa shape index (κ1) is 10.9. The molecule has 0 radical (unpaired) electrons. The zero-order chi connectivity index (χ0) is 11.7. The fraction of sp³-hybridized carbons (Fsp3) is 0.357. The van der Waals surface area contributed by atoms with Crippen LogP contribution in [0.15, 0.2) is 30.5 Å². The van der Waals surface area contributed by atoms with Crippen molar-refractivity contribution in [2.24, 2.45) is 7.05 Å². The standard InChI is InChI=1S/C14H18N2/c1-10(2)12-5-6-13(11(3)9-12)14-7-8-16(4)15-14/h5-10H,1-4H3. The van der Waals surface area contributed by atoms with Crippen LogP contribution in [0.3, 0.4) is 0 Å². The summed E-state index contributed by atoms with van der Waals surface area (Å²) in [4.78, 5) is 0. The molecule has 2 aromatic rings. The number of aryl methyl sites for hydroxylation is 2. The van der Waals surface area contributed by atoms with Crippen molar-refractivity contribution in [1.82, 2.24) is 9.78 Å². The molecule has 0 aliphatic heterocycles. The van der Waals surface area contributed by atoms with Gasteiger partial charge in [-0.2, -0.15) is 5.10 Å². The van der Waals surface area contributed by atoms with E-state index in [2.05, 4.69) is 50.1 Å². The Hall–Kier alpha value is -1.57. The second-order valence-corrected chi connectivity index (χ2v) is 4.60. The van der Waals surface area contributed by atoms with Gasteiger partial charge in [0.2, 0.25) is 0 Å². The molecule has 0 aliphatic rings. The number of hydrogen-bond acceptors (Lipinski definition) is 1. The first-order chi connectivity index (χ1) is 7.58. The number of aromatic nitrogens is 2. The van der Waals surface area contributed by atoms with Gasteiger partial charge in [0.15, 0.2) is 0 Å². The Morgan fingerprint density at radius 2 is 1.94 bits per heavy atom. The Balaban J connectivity index is 2.44. The van der Waals surface area contributed by atoms with Crippen molar-refractivity contribution in [3.8, 4) is 11.3 Å². The molecule has 1 aromatic carbocycles. The van der Waals surface area contributed by atoms with Gasteiger partial charge in [-0.25, -0.2) is 0 Å². The van der Waals surface area contributed by atoms with Crippen LogP contribution < -0.4 is 0 Å². The molecule has 0 unspecified atom stereocenters. The third-order valence-corrected chi connectivity index (χ3v) is 2.91. The van der Waals surface area contributed by atoms with E-state index < -0.39 is 0 Å². The Morgan fingerprint density at radius 3 is 2.44 bits per heavy atom. The lowest BCUT2D eigenvalue weighted by atomic mass is 9.97. The first-order valence-corrected chi connectivity index (χ1v) is 5.68. The molecular formula is C14H18N2. The monoisotopic (exact) mass is 214 g/mol. The molecule has 1 heterocycles. The van der Waals surface area contributed by atoms with Gasteiger partial charge in [0.25, 0.3) is 0 Å². The van der Waals surface area contributed by atoms with Crippen LogP contribution in [0.2, 0.25) is 0 Å². The molecule has 2 heteroatoms. The molecular weight excluding hydrogens is 196 g/mol. The molecule has 0 saturated carbocycles. The van der Waals surface area contributed by atoms with Crippen LogP contribution in [0.4, 0.5) is 0 Å². The Morgan fingerprint density at radius 1 is 1.19 bits per heavy atom. The van der Waals surface area contributed by atoms with Gasteiger partial charge in [-0.3, -0.25) is 4.68 Å². The molecule has 0 spiro atoms. The second kappa shape index (κ2) is 4.12. The maximum absolute atomic E-state index is 4.43. The zero-order valence-electron chi connectivity index (χ0n) is 10.4. The number of nitrogens with zero attached hydrogens (tertiary/aromatic N) is 2. The summed E-state index contributed by atoms with van der Waals surface area (Å²) < 4.78 is 1.84. The average Bonchev–Trinajstić information content (AvgIpc) is 2.64. The maximum atomic E-state index is 4.43. The Labute approximate surface area is 96.9 Å². The molecule has 0 bridgehead atoms. The molecule has 0 N–H and O–H groups in total. The van der Waals surface area contributed by atoms with Crippen molar-refractivity contribution in [2.45, 2.75) is 26.7 Å². The predicted octanol–water partition coefficient (Wildman–Crippen LogP) is 3.52. The van der Waals surface area contributed by atoms with Gasteiger partial charge >= 0.3 is 0 Å². The zero-order valence-corrected chi connectivity index (χ0v) is 10.4. The summed E-state index contributed by atoms with van der Waals surface area (Å²) in [6, 6.07) is 8.68. The highest BCUT2D eigenvalue weighted by Crippen LogP contribution is 2.25. The Kier molecular flexibility index (Phi) is 2.82. The third-order valence-electron chi connectivity index (χ3n) is 2.91. The molecule has 0 aliphatic carbocycles. The van der Waals surface area contributed by atoms with Crippen LogP contribution in [0, 0.1) is 6.92 Å². The topological polar surface area (TPSA) is 17.8 Å². The van der Waals surface area contributed by atoms with Crippen molar-refractivity contribution in [2.75, 3.05) is 0 Å². The molecule has 0 fully saturated rings. The second-order valence-electron chi connectivity index (χ2n) is 4.60. The van der Waals surface area contributed by atoms with Gasteiger partial charge in [-0.15, -0.1) is 0 Å². The Bertz CT molecular complexity index is 495. The van der Waals surface area contributed by atoms with Crippen molar-refractivity contribution in [3.05, 3.63) is 41.6 Å². The van der Waals surface area contributed by atoms with E-state index in [0.29, 0.717) is 5.92 Å². The molecule has 16 heavy (non-hydrogen) atoms. The van der Waals surface area contributed by atoms with Gasteiger partial charge in [-0.05, 0) is 30.0 Å². The van der Waals surface area contributed by atoms with E-state index >= 15 is 0 Å². The maximum Gasteiger partial charge on any atom is 0.0925 e. The summed E-state index contributed by atoms with van der Waals surface area (Å²) in [7, 11) is 1.95. The first-order valence-electron chi connectivity index (χ1n) is 5.68. The normalized spacial score (nSPS) is 11.1. The van der Waals surface area contributed by atoms with E-state index in [1.54, 1.807) is 0 Å². The van der Waals surface area contributed by atoms with Gasteiger partial charge in [-0.1, -0.05) is 32.0 Å². The van der Waals surface area contributed by atoms with Crippen LogP contribution >= 0.6 is 0 Å². The van der Waals surface area contributed by atoms with Gasteiger partial charge in [0.05, 0.1) is 5.69 Å². The van der Waals surface area contributed by atoms with Crippen LogP contribution in [0.5, 0.6) is 0 Å². The van der Waals surface area contributed by atoms with Gasteiger partial charge in [0.1, 0.15) is 0 Å². The molecule has 84 valence electrons. The summed E-state index contributed by atoms with van der Waals surface area (Å²) in [5.41, 5.74) is 4.96. The molecule has 1 aromatic heterocycles. The lowest BCUT2D eigenvalue weighted by Crippen LogP contribution is -1.92. The smallest absolute Gasteiger partial charge is 0.0925 e. The van der Waals surface area contributed by atoms with E-state index in [1.165, 1.54) is 16.7 Å². The minimum Gasteiger partial charge on any atom is -0.275 e. The fourth-order valence-corrected chi connectivity index (χ4v) is 1.89.